The third kappa shape index (κ3) is 6.17. The van der Waals surface area contributed by atoms with Crippen LogP contribution in [-0.4, -0.2) is 79.8 Å². The number of nitrogens with zero attached hydrogens (tertiary/aromatic N) is 3. The van der Waals surface area contributed by atoms with Crippen LogP contribution in [0, 0.1) is 5.92 Å². The van der Waals surface area contributed by atoms with Gasteiger partial charge in [0.2, 0.25) is 0 Å². The summed E-state index contributed by atoms with van der Waals surface area (Å²) in [5, 5.41) is 18.5. The molecule has 1 aromatic heterocycles. The lowest BCUT2D eigenvalue weighted by Crippen LogP contribution is -2.52. The van der Waals surface area contributed by atoms with E-state index >= 15 is 0 Å². The molecular weight excluding hydrogens is 394 g/mol. The summed E-state index contributed by atoms with van der Waals surface area (Å²) in [5.74, 6) is 1.32. The van der Waals surface area contributed by atoms with Crippen LogP contribution >= 0.6 is 11.3 Å². The standard InChI is InChI=1S/C23H37N5OS/c1-5-24-23(25-15-19(17(2)3)28-12-10-27(4)11-13-28)26-16-20(29)22-14-18-8-6-7-9-21(18)30-22/h6-9,14,17,19-20,29H,5,10-13,15-16H2,1-4H3,(H2,24,25,26). The van der Waals surface area contributed by atoms with Crippen LogP contribution in [0.3, 0.4) is 0 Å². The molecule has 2 aromatic rings. The van der Waals surface area contributed by atoms with Crippen molar-refractivity contribution in [1.82, 2.24) is 20.4 Å². The van der Waals surface area contributed by atoms with E-state index in [2.05, 4.69) is 66.5 Å². The van der Waals surface area contributed by atoms with Crippen molar-refractivity contribution in [3.8, 4) is 0 Å². The largest absolute Gasteiger partial charge is 0.386 e. The molecule has 1 aliphatic heterocycles. The van der Waals surface area contributed by atoms with Crippen molar-refractivity contribution in [2.24, 2.45) is 10.9 Å². The SMILES string of the molecule is CCNC(=NCC(C(C)C)N1CCN(C)CC1)NCC(O)c1cc2ccccc2s1. The number of likely N-dealkylation sites (N-methyl/N-ethyl adjacent to an activating group) is 1. The van der Waals surface area contributed by atoms with E-state index in [-0.39, 0.29) is 0 Å². The Kier molecular flexibility index (Phi) is 8.50. The molecule has 1 fully saturated rings. The van der Waals surface area contributed by atoms with Crippen LogP contribution in [0.25, 0.3) is 10.1 Å². The molecule has 1 aromatic carbocycles. The summed E-state index contributed by atoms with van der Waals surface area (Å²) in [5.41, 5.74) is 0. The number of piperazine rings is 1. The normalized spacial score (nSPS) is 18.7. The molecule has 6 nitrogen and oxygen atoms in total. The van der Waals surface area contributed by atoms with Gasteiger partial charge < -0.3 is 20.6 Å². The molecule has 0 aliphatic carbocycles. The Morgan fingerprint density at radius 2 is 1.90 bits per heavy atom. The molecule has 30 heavy (non-hydrogen) atoms. The van der Waals surface area contributed by atoms with Gasteiger partial charge in [0.1, 0.15) is 6.10 Å². The fraction of sp³-hybridized carbons (Fsp3) is 0.609. The average molecular weight is 432 g/mol. The van der Waals surface area contributed by atoms with Crippen LogP contribution in [0.1, 0.15) is 31.8 Å². The van der Waals surface area contributed by atoms with Gasteiger partial charge in [-0.15, -0.1) is 11.3 Å². The molecule has 2 heterocycles. The molecular formula is C23H37N5OS. The highest BCUT2D eigenvalue weighted by Crippen LogP contribution is 2.29. The molecule has 7 heteroatoms. The number of thiophene rings is 1. The van der Waals surface area contributed by atoms with Crippen LogP contribution in [0.5, 0.6) is 0 Å². The Hall–Kier alpha value is -1.67. The first kappa shape index (κ1) is 23.0. The average Bonchev–Trinajstić information content (AvgIpc) is 3.17. The first-order valence-electron chi connectivity index (χ1n) is 11.1. The minimum atomic E-state index is -0.551. The topological polar surface area (TPSA) is 63.1 Å². The summed E-state index contributed by atoms with van der Waals surface area (Å²) in [6, 6.07) is 10.8. The zero-order valence-corrected chi connectivity index (χ0v) is 19.6. The van der Waals surface area contributed by atoms with E-state index in [1.54, 1.807) is 11.3 Å². The van der Waals surface area contributed by atoms with Crippen molar-refractivity contribution in [1.29, 1.82) is 0 Å². The van der Waals surface area contributed by atoms with Crippen molar-refractivity contribution in [2.45, 2.75) is 32.9 Å². The maximum Gasteiger partial charge on any atom is 0.191 e. The Morgan fingerprint density at radius 3 is 2.57 bits per heavy atom. The molecule has 0 radical (unpaired) electrons. The van der Waals surface area contributed by atoms with Gasteiger partial charge in [0.25, 0.3) is 0 Å². The summed E-state index contributed by atoms with van der Waals surface area (Å²) in [6.07, 6.45) is -0.551. The highest BCUT2D eigenvalue weighted by Gasteiger charge is 2.25. The van der Waals surface area contributed by atoms with Crippen molar-refractivity contribution in [3.63, 3.8) is 0 Å². The minimum Gasteiger partial charge on any atom is -0.386 e. The Labute approximate surface area is 185 Å². The van der Waals surface area contributed by atoms with E-state index in [0.717, 1.165) is 50.1 Å². The Bertz CT molecular complexity index is 780. The molecule has 0 amide bonds. The Balaban J connectivity index is 1.60. The van der Waals surface area contributed by atoms with E-state index in [0.29, 0.717) is 18.5 Å². The Morgan fingerprint density at radius 1 is 1.17 bits per heavy atom. The summed E-state index contributed by atoms with van der Waals surface area (Å²) < 4.78 is 1.21. The maximum atomic E-state index is 10.7. The van der Waals surface area contributed by atoms with Gasteiger partial charge in [-0.05, 0) is 37.4 Å². The first-order chi connectivity index (χ1) is 14.5. The summed E-state index contributed by atoms with van der Waals surface area (Å²) in [7, 11) is 2.19. The summed E-state index contributed by atoms with van der Waals surface area (Å²) in [4.78, 5) is 10.8. The van der Waals surface area contributed by atoms with Gasteiger partial charge >= 0.3 is 0 Å². The monoisotopic (exact) mass is 431 g/mol. The quantitative estimate of drug-likeness (QED) is 0.443. The maximum absolute atomic E-state index is 10.7. The van der Waals surface area contributed by atoms with Gasteiger partial charge in [0, 0.05) is 54.9 Å². The number of guanidine groups is 1. The number of aliphatic hydroxyl groups is 1. The van der Waals surface area contributed by atoms with Crippen LogP contribution < -0.4 is 10.6 Å². The minimum absolute atomic E-state index is 0.432. The van der Waals surface area contributed by atoms with Gasteiger partial charge in [0.05, 0.1) is 6.54 Å². The predicted octanol–water partition coefficient (Wildman–Crippen LogP) is 2.76. The third-order valence-electron chi connectivity index (χ3n) is 5.79. The third-order valence-corrected chi connectivity index (χ3v) is 7.01. The molecule has 1 saturated heterocycles. The van der Waals surface area contributed by atoms with Crippen molar-refractivity contribution >= 4 is 27.4 Å². The lowest BCUT2D eigenvalue weighted by Gasteiger charge is -2.39. The molecule has 0 saturated carbocycles. The lowest BCUT2D eigenvalue weighted by atomic mass is 10.0. The van der Waals surface area contributed by atoms with E-state index in [9.17, 15) is 5.11 Å². The number of aliphatic hydroxyl groups excluding tert-OH is 1. The molecule has 3 rings (SSSR count). The first-order valence-corrected chi connectivity index (χ1v) is 11.9. The fourth-order valence-corrected chi connectivity index (χ4v) is 4.94. The second-order valence-electron chi connectivity index (χ2n) is 8.45. The molecule has 0 bridgehead atoms. The smallest absolute Gasteiger partial charge is 0.191 e. The number of nitrogens with one attached hydrogen (secondary N) is 2. The second-order valence-corrected chi connectivity index (χ2v) is 9.57. The number of hydrogen-bond donors (Lipinski definition) is 3. The van der Waals surface area contributed by atoms with Gasteiger partial charge in [-0.3, -0.25) is 9.89 Å². The van der Waals surface area contributed by atoms with Gasteiger partial charge in [0.15, 0.2) is 5.96 Å². The van der Waals surface area contributed by atoms with Crippen molar-refractivity contribution in [3.05, 3.63) is 35.2 Å². The van der Waals surface area contributed by atoms with Crippen molar-refractivity contribution in [2.75, 3.05) is 52.9 Å². The molecule has 0 spiro atoms. The highest BCUT2D eigenvalue weighted by atomic mass is 32.1. The zero-order valence-electron chi connectivity index (χ0n) is 18.8. The van der Waals surface area contributed by atoms with Crippen LogP contribution in [0.4, 0.5) is 0 Å². The van der Waals surface area contributed by atoms with E-state index in [1.165, 1.54) is 10.1 Å². The second kappa shape index (κ2) is 11.1. The number of benzene rings is 1. The van der Waals surface area contributed by atoms with Crippen molar-refractivity contribution < 1.29 is 5.11 Å². The van der Waals surface area contributed by atoms with E-state index in [1.807, 2.05) is 12.1 Å². The number of aliphatic imine (C=N–C) groups is 1. The van der Waals surface area contributed by atoms with E-state index in [4.69, 9.17) is 4.99 Å². The summed E-state index contributed by atoms with van der Waals surface area (Å²) in [6.45, 7) is 13.1. The van der Waals surface area contributed by atoms with Gasteiger partial charge in [-0.25, -0.2) is 0 Å². The molecule has 2 unspecified atom stereocenters. The highest BCUT2D eigenvalue weighted by molar-refractivity contribution is 7.19. The predicted molar refractivity (Wildman–Crippen MR) is 128 cm³/mol. The van der Waals surface area contributed by atoms with Crippen LogP contribution in [0.2, 0.25) is 0 Å². The summed E-state index contributed by atoms with van der Waals surface area (Å²) >= 11 is 1.65. The number of hydrogen-bond acceptors (Lipinski definition) is 5. The van der Waals surface area contributed by atoms with Crippen LogP contribution in [0.15, 0.2) is 35.3 Å². The number of fused-ring (bicyclic) bond motifs is 1. The number of rotatable bonds is 8. The molecule has 166 valence electrons. The lowest BCUT2D eigenvalue weighted by molar-refractivity contribution is 0.0925. The molecule has 2 atom stereocenters. The van der Waals surface area contributed by atoms with E-state index < -0.39 is 6.10 Å². The zero-order chi connectivity index (χ0) is 21.5. The molecule has 1 aliphatic rings. The van der Waals surface area contributed by atoms with Crippen LogP contribution in [-0.2, 0) is 0 Å². The molecule has 3 N–H and O–H groups in total. The van der Waals surface area contributed by atoms with Gasteiger partial charge in [-0.2, -0.15) is 0 Å². The fourth-order valence-electron chi connectivity index (χ4n) is 3.89. The van der Waals surface area contributed by atoms with Gasteiger partial charge in [-0.1, -0.05) is 32.0 Å².